The minimum absolute atomic E-state index is 0.0505. The van der Waals surface area contributed by atoms with Gasteiger partial charge in [-0.3, -0.25) is 0 Å². The minimum Gasteiger partial charge on any atom is -0.236 e. The zero-order valence-corrected chi connectivity index (χ0v) is 19.1. The van der Waals surface area contributed by atoms with Crippen LogP contribution in [0.2, 0.25) is 0 Å². The van der Waals surface area contributed by atoms with Crippen molar-refractivity contribution in [3.8, 4) is 11.1 Å². The molecule has 2 aromatic carbocycles. The number of hydrogen-bond acceptors (Lipinski definition) is 0. The van der Waals surface area contributed by atoms with E-state index in [9.17, 15) is 13.2 Å². The summed E-state index contributed by atoms with van der Waals surface area (Å²) in [5.41, 5.74) is 3.42. The van der Waals surface area contributed by atoms with Crippen LogP contribution in [0.1, 0.15) is 101 Å². The summed E-state index contributed by atoms with van der Waals surface area (Å²) in [5.74, 6) is -1.76. The maximum absolute atomic E-state index is 14.3. The Hall–Kier alpha value is -1.77. The molecule has 3 heteroatoms. The van der Waals surface area contributed by atoms with Crippen LogP contribution in [0.4, 0.5) is 13.2 Å². The van der Waals surface area contributed by atoms with Crippen molar-refractivity contribution in [2.75, 3.05) is 0 Å². The molecule has 1 aliphatic rings. The van der Waals surface area contributed by atoms with E-state index in [4.69, 9.17) is 0 Å². The van der Waals surface area contributed by atoms with E-state index in [2.05, 4.69) is 31.2 Å². The normalized spacial score (nSPS) is 20.5. The average Bonchev–Trinajstić information content (AvgIpc) is 2.79. The highest BCUT2D eigenvalue weighted by atomic mass is 19.3. The Kier molecular flexibility index (Phi) is 8.63. The van der Waals surface area contributed by atoms with Gasteiger partial charge in [0.25, 0.3) is 5.92 Å². The molecule has 1 saturated carbocycles. The Balaban J connectivity index is 1.58. The van der Waals surface area contributed by atoms with Gasteiger partial charge in [-0.2, -0.15) is 0 Å². The predicted molar refractivity (Wildman–Crippen MR) is 124 cm³/mol. The second kappa shape index (κ2) is 11.2. The maximum atomic E-state index is 14.3. The fourth-order valence-corrected chi connectivity index (χ4v) is 4.96. The SMILES string of the molecule is CCCCC[C@H]1CC[C@H](c2ccc(-c3ccc(C(F)C(F)(F)CCC)cc3)cc2)CC1. The van der Waals surface area contributed by atoms with Gasteiger partial charge in [-0.15, -0.1) is 0 Å². The largest absolute Gasteiger partial charge is 0.282 e. The van der Waals surface area contributed by atoms with Gasteiger partial charge in [0, 0.05) is 6.42 Å². The summed E-state index contributed by atoms with van der Waals surface area (Å²) in [4.78, 5) is 0. The van der Waals surface area contributed by atoms with Crippen LogP contribution >= 0.6 is 0 Å². The van der Waals surface area contributed by atoms with Crippen LogP contribution in [0.3, 0.4) is 0 Å². The van der Waals surface area contributed by atoms with Gasteiger partial charge in [0.2, 0.25) is 0 Å². The Bertz CT molecular complexity index is 771. The predicted octanol–water partition coefficient (Wildman–Crippen LogP) is 9.65. The summed E-state index contributed by atoms with van der Waals surface area (Å²) in [6, 6.07) is 15.1. The van der Waals surface area contributed by atoms with Crippen LogP contribution in [-0.2, 0) is 0 Å². The summed E-state index contributed by atoms with van der Waals surface area (Å²) in [7, 11) is 0. The molecule has 1 aliphatic carbocycles. The van der Waals surface area contributed by atoms with Crippen molar-refractivity contribution in [2.24, 2.45) is 5.92 Å². The van der Waals surface area contributed by atoms with Crippen LogP contribution in [0, 0.1) is 5.92 Å². The van der Waals surface area contributed by atoms with E-state index in [0.29, 0.717) is 5.92 Å². The van der Waals surface area contributed by atoms with Gasteiger partial charge in [-0.05, 0) is 59.8 Å². The van der Waals surface area contributed by atoms with Gasteiger partial charge in [-0.1, -0.05) is 94.5 Å². The molecule has 1 fully saturated rings. The third-order valence-electron chi connectivity index (χ3n) is 6.94. The lowest BCUT2D eigenvalue weighted by Crippen LogP contribution is -2.22. The monoisotopic (exact) mass is 430 g/mol. The Morgan fingerprint density at radius 3 is 1.94 bits per heavy atom. The first kappa shape index (κ1) is 23.9. The molecule has 170 valence electrons. The standard InChI is InChI=1S/C28H37F3/c1-3-5-6-7-21-8-10-22(11-9-21)23-12-14-24(15-13-23)25-16-18-26(19-17-25)27(29)28(30,31)20-4-2/h12-19,21-22,27H,3-11,20H2,1-2H3/t21-,22-,27?. The maximum Gasteiger partial charge on any atom is 0.282 e. The number of alkyl halides is 3. The van der Waals surface area contributed by atoms with Crippen LogP contribution in [0.15, 0.2) is 48.5 Å². The molecule has 3 rings (SSSR count). The average molecular weight is 431 g/mol. The molecule has 0 radical (unpaired) electrons. The van der Waals surface area contributed by atoms with Crippen molar-refractivity contribution >= 4 is 0 Å². The highest BCUT2D eigenvalue weighted by Crippen LogP contribution is 2.40. The van der Waals surface area contributed by atoms with Crippen molar-refractivity contribution in [1.82, 2.24) is 0 Å². The zero-order valence-electron chi connectivity index (χ0n) is 19.1. The topological polar surface area (TPSA) is 0 Å². The summed E-state index contributed by atoms with van der Waals surface area (Å²) in [5, 5.41) is 0. The van der Waals surface area contributed by atoms with Gasteiger partial charge in [0.15, 0.2) is 6.17 Å². The van der Waals surface area contributed by atoms with E-state index < -0.39 is 18.5 Å². The molecule has 31 heavy (non-hydrogen) atoms. The molecule has 0 heterocycles. The molecule has 0 spiro atoms. The van der Waals surface area contributed by atoms with Crippen molar-refractivity contribution < 1.29 is 13.2 Å². The van der Waals surface area contributed by atoms with Gasteiger partial charge < -0.3 is 0 Å². The van der Waals surface area contributed by atoms with E-state index in [1.807, 2.05) is 0 Å². The number of benzene rings is 2. The lowest BCUT2D eigenvalue weighted by atomic mass is 9.77. The number of unbranched alkanes of at least 4 members (excludes halogenated alkanes) is 2. The fourth-order valence-electron chi connectivity index (χ4n) is 4.96. The molecular weight excluding hydrogens is 393 g/mol. The lowest BCUT2D eigenvalue weighted by Gasteiger charge is -2.29. The van der Waals surface area contributed by atoms with Crippen molar-refractivity contribution in [3.63, 3.8) is 0 Å². The quantitative estimate of drug-likeness (QED) is 0.329. The molecule has 0 nitrogen and oxygen atoms in total. The first-order valence-electron chi connectivity index (χ1n) is 12.2. The van der Waals surface area contributed by atoms with Crippen LogP contribution in [0.25, 0.3) is 11.1 Å². The van der Waals surface area contributed by atoms with Gasteiger partial charge >= 0.3 is 0 Å². The Morgan fingerprint density at radius 1 is 0.806 bits per heavy atom. The highest BCUT2D eigenvalue weighted by molar-refractivity contribution is 5.64. The van der Waals surface area contributed by atoms with Crippen molar-refractivity contribution in [3.05, 3.63) is 59.7 Å². The lowest BCUT2D eigenvalue weighted by molar-refractivity contribution is -0.0807. The van der Waals surface area contributed by atoms with E-state index in [1.165, 1.54) is 69.1 Å². The third kappa shape index (κ3) is 6.37. The summed E-state index contributed by atoms with van der Waals surface area (Å²) in [6.07, 6.45) is 8.22. The highest BCUT2D eigenvalue weighted by Gasteiger charge is 2.39. The van der Waals surface area contributed by atoms with E-state index in [1.54, 1.807) is 19.1 Å². The van der Waals surface area contributed by atoms with E-state index in [0.717, 1.165) is 17.0 Å². The summed E-state index contributed by atoms with van der Waals surface area (Å²) in [6.45, 7) is 3.91. The van der Waals surface area contributed by atoms with E-state index >= 15 is 0 Å². The molecular formula is C28H37F3. The second-order valence-electron chi connectivity index (χ2n) is 9.33. The van der Waals surface area contributed by atoms with Gasteiger partial charge in [-0.25, -0.2) is 13.2 Å². The van der Waals surface area contributed by atoms with E-state index in [-0.39, 0.29) is 12.0 Å². The van der Waals surface area contributed by atoms with Crippen LogP contribution in [-0.4, -0.2) is 5.92 Å². The first-order chi connectivity index (χ1) is 14.9. The fraction of sp³-hybridized carbons (Fsp3) is 0.571. The zero-order chi connectivity index (χ0) is 22.3. The number of rotatable bonds is 10. The molecule has 1 unspecified atom stereocenters. The smallest absolute Gasteiger partial charge is 0.236 e. The number of hydrogen-bond donors (Lipinski definition) is 0. The summed E-state index contributed by atoms with van der Waals surface area (Å²) >= 11 is 0. The molecule has 0 aliphatic heterocycles. The summed E-state index contributed by atoms with van der Waals surface area (Å²) < 4.78 is 42.0. The molecule has 0 saturated heterocycles. The van der Waals surface area contributed by atoms with Crippen LogP contribution < -0.4 is 0 Å². The van der Waals surface area contributed by atoms with Crippen molar-refractivity contribution in [2.45, 2.75) is 96.1 Å². The minimum atomic E-state index is -3.31. The molecule has 2 aromatic rings. The van der Waals surface area contributed by atoms with Gasteiger partial charge in [0.1, 0.15) is 0 Å². The molecule has 0 N–H and O–H groups in total. The molecule has 0 amide bonds. The third-order valence-corrected chi connectivity index (χ3v) is 6.94. The first-order valence-corrected chi connectivity index (χ1v) is 12.2. The molecule has 0 aromatic heterocycles. The Morgan fingerprint density at radius 2 is 1.39 bits per heavy atom. The van der Waals surface area contributed by atoms with Crippen molar-refractivity contribution in [1.29, 1.82) is 0 Å². The number of halogens is 3. The van der Waals surface area contributed by atoms with Crippen LogP contribution in [0.5, 0.6) is 0 Å². The second-order valence-corrected chi connectivity index (χ2v) is 9.33. The molecule has 0 bridgehead atoms. The van der Waals surface area contributed by atoms with Gasteiger partial charge in [0.05, 0.1) is 0 Å². The molecule has 1 atom stereocenters. The Labute approximate surface area is 186 Å².